The minimum absolute atomic E-state index is 0.123. The molecule has 0 radical (unpaired) electrons. The largest absolute Gasteiger partial charge is 0.488 e. The van der Waals surface area contributed by atoms with E-state index in [0.29, 0.717) is 21.3 Å². The van der Waals surface area contributed by atoms with E-state index in [4.69, 9.17) is 9.84 Å². The van der Waals surface area contributed by atoms with Gasteiger partial charge in [0.1, 0.15) is 22.4 Å². The molecule has 0 unspecified atom stereocenters. The second kappa shape index (κ2) is 8.51. The summed E-state index contributed by atoms with van der Waals surface area (Å²) in [5, 5.41) is 10.1. The van der Waals surface area contributed by atoms with Crippen LogP contribution in [0.2, 0.25) is 0 Å². The Morgan fingerprint density at radius 2 is 1.78 bits per heavy atom. The Hall–Kier alpha value is -2.98. The van der Waals surface area contributed by atoms with Gasteiger partial charge in [0.15, 0.2) is 0 Å². The first-order valence-corrected chi connectivity index (χ1v) is 11.1. The van der Waals surface area contributed by atoms with E-state index in [-0.39, 0.29) is 13.0 Å². The number of alkyl halides is 3. The third-order valence-corrected chi connectivity index (χ3v) is 7.18. The normalized spacial score (nSPS) is 11.8. The highest BCUT2D eigenvalue weighted by atomic mass is 32.1. The summed E-state index contributed by atoms with van der Waals surface area (Å²) >= 11 is 2.71. The number of fused-ring (bicyclic) bond motifs is 1. The monoisotopic (exact) mass is 478 g/mol. The van der Waals surface area contributed by atoms with Crippen molar-refractivity contribution < 1.29 is 27.8 Å². The number of halogens is 3. The van der Waals surface area contributed by atoms with Crippen LogP contribution >= 0.6 is 22.7 Å². The van der Waals surface area contributed by atoms with E-state index < -0.39 is 17.7 Å². The maximum absolute atomic E-state index is 12.8. The number of carboxylic acid groups (broad SMARTS) is 1. The molecule has 0 atom stereocenters. The van der Waals surface area contributed by atoms with Gasteiger partial charge in [0.2, 0.25) is 0 Å². The van der Waals surface area contributed by atoms with Crippen molar-refractivity contribution in [3.8, 4) is 16.3 Å². The number of carboxylic acids is 1. The number of aromatic nitrogens is 2. The van der Waals surface area contributed by atoms with Crippen LogP contribution < -0.4 is 4.74 Å². The molecule has 0 aliphatic heterocycles. The number of nitrogens with zero attached hydrogens (tertiary/aromatic N) is 2. The molecule has 0 aliphatic carbocycles. The Morgan fingerprint density at radius 3 is 2.44 bits per heavy atom. The number of aliphatic carboxylic acids is 1. The van der Waals surface area contributed by atoms with Gasteiger partial charge in [0.05, 0.1) is 32.8 Å². The lowest BCUT2D eigenvalue weighted by molar-refractivity contribution is -0.138. The average Bonchev–Trinajstić information content (AvgIpc) is 3.30. The molecule has 4 rings (SSSR count). The van der Waals surface area contributed by atoms with Gasteiger partial charge in [-0.1, -0.05) is 12.1 Å². The van der Waals surface area contributed by atoms with Crippen LogP contribution in [0.25, 0.3) is 20.8 Å². The highest BCUT2D eigenvalue weighted by Crippen LogP contribution is 2.35. The molecule has 32 heavy (non-hydrogen) atoms. The second-order valence-electron chi connectivity index (χ2n) is 7.11. The molecule has 0 fully saturated rings. The zero-order valence-electron chi connectivity index (χ0n) is 17.0. The lowest BCUT2D eigenvalue weighted by Gasteiger charge is -2.08. The van der Waals surface area contributed by atoms with E-state index in [1.807, 2.05) is 13.8 Å². The molecular weight excluding hydrogens is 461 g/mol. The quantitative estimate of drug-likeness (QED) is 0.354. The molecule has 0 amide bonds. The van der Waals surface area contributed by atoms with Crippen LogP contribution in [-0.4, -0.2) is 21.0 Å². The number of aryl methyl sites for hydroxylation is 2. The number of ether oxygens (including phenoxy) is 1. The van der Waals surface area contributed by atoms with Gasteiger partial charge in [-0.05, 0) is 38.1 Å². The van der Waals surface area contributed by atoms with Crippen molar-refractivity contribution in [1.29, 1.82) is 0 Å². The number of hydrogen-bond acceptors (Lipinski definition) is 6. The van der Waals surface area contributed by atoms with Gasteiger partial charge >= 0.3 is 12.1 Å². The van der Waals surface area contributed by atoms with E-state index in [0.717, 1.165) is 38.5 Å². The van der Waals surface area contributed by atoms with Gasteiger partial charge < -0.3 is 9.84 Å². The SMILES string of the molecule is Cc1nc(-c2ccc(C(F)(F)F)cc2)sc1COc1ccc2nc(CC(=O)O)sc2c1C. The van der Waals surface area contributed by atoms with Crippen LogP contribution in [0, 0.1) is 13.8 Å². The first-order chi connectivity index (χ1) is 15.1. The molecule has 166 valence electrons. The summed E-state index contributed by atoms with van der Waals surface area (Å²) < 4.78 is 45.2. The first-order valence-electron chi connectivity index (χ1n) is 9.49. The van der Waals surface area contributed by atoms with Crippen LogP contribution in [0.5, 0.6) is 5.75 Å². The lowest BCUT2D eigenvalue weighted by atomic mass is 10.1. The van der Waals surface area contributed by atoms with Gasteiger partial charge in [0, 0.05) is 11.1 Å². The van der Waals surface area contributed by atoms with Gasteiger partial charge in [-0.15, -0.1) is 22.7 Å². The number of thiazole rings is 2. The third kappa shape index (κ3) is 4.61. The van der Waals surface area contributed by atoms with E-state index >= 15 is 0 Å². The van der Waals surface area contributed by atoms with Crippen LogP contribution in [0.3, 0.4) is 0 Å². The molecule has 4 aromatic rings. The van der Waals surface area contributed by atoms with Crippen molar-refractivity contribution in [1.82, 2.24) is 9.97 Å². The van der Waals surface area contributed by atoms with Crippen molar-refractivity contribution in [3.05, 3.63) is 63.1 Å². The summed E-state index contributed by atoms with van der Waals surface area (Å²) in [5.41, 5.74) is 2.28. The third-order valence-electron chi connectivity index (χ3n) is 4.81. The molecule has 0 saturated carbocycles. The van der Waals surface area contributed by atoms with Crippen molar-refractivity contribution in [2.45, 2.75) is 33.1 Å². The van der Waals surface area contributed by atoms with E-state index in [9.17, 15) is 18.0 Å². The molecule has 0 saturated heterocycles. The van der Waals surface area contributed by atoms with Crippen LogP contribution in [0.1, 0.15) is 26.7 Å². The molecule has 0 aliphatic rings. The van der Waals surface area contributed by atoms with E-state index in [1.165, 1.54) is 34.8 Å². The Labute approximate surface area is 189 Å². The lowest BCUT2D eigenvalue weighted by Crippen LogP contribution is -2.03. The van der Waals surface area contributed by atoms with Gasteiger partial charge in [-0.25, -0.2) is 9.97 Å². The van der Waals surface area contributed by atoms with Crippen molar-refractivity contribution in [2.24, 2.45) is 0 Å². The maximum atomic E-state index is 12.8. The predicted octanol–water partition coefficient (Wildman–Crippen LogP) is 6.26. The smallest absolute Gasteiger partial charge is 0.416 e. The molecule has 0 bridgehead atoms. The number of carbonyl (C=O) groups is 1. The minimum Gasteiger partial charge on any atom is -0.488 e. The molecule has 5 nitrogen and oxygen atoms in total. The highest BCUT2D eigenvalue weighted by Gasteiger charge is 2.30. The molecule has 1 N–H and O–H groups in total. The van der Waals surface area contributed by atoms with Crippen LogP contribution in [0.15, 0.2) is 36.4 Å². The fourth-order valence-electron chi connectivity index (χ4n) is 3.14. The van der Waals surface area contributed by atoms with Crippen molar-refractivity contribution in [3.63, 3.8) is 0 Å². The van der Waals surface area contributed by atoms with Gasteiger partial charge in [-0.3, -0.25) is 4.79 Å². The standard InChI is InChI=1S/C22H17F3N2O3S2/c1-11-16(8-7-15-20(11)32-18(27-15)9-19(28)29)30-10-17-12(2)26-21(31-17)13-3-5-14(6-4-13)22(23,24)25/h3-8H,9-10H2,1-2H3,(H,28,29). The van der Waals surface area contributed by atoms with Crippen molar-refractivity contribution in [2.75, 3.05) is 0 Å². The van der Waals surface area contributed by atoms with E-state index in [2.05, 4.69) is 9.97 Å². The fraction of sp³-hybridized carbons (Fsp3) is 0.227. The topological polar surface area (TPSA) is 72.3 Å². The summed E-state index contributed by atoms with van der Waals surface area (Å²) in [7, 11) is 0. The minimum atomic E-state index is -4.37. The second-order valence-corrected chi connectivity index (χ2v) is 9.27. The Bertz CT molecular complexity index is 1290. The predicted molar refractivity (Wildman–Crippen MR) is 117 cm³/mol. The number of benzene rings is 2. The summed E-state index contributed by atoms with van der Waals surface area (Å²) in [6, 6.07) is 8.54. The average molecular weight is 479 g/mol. The summed E-state index contributed by atoms with van der Waals surface area (Å²) in [5.74, 6) is -0.269. The molecular formula is C22H17F3N2O3S2. The van der Waals surface area contributed by atoms with Gasteiger partial charge in [-0.2, -0.15) is 13.2 Å². The summed E-state index contributed by atoms with van der Waals surface area (Å²) in [4.78, 5) is 20.6. The first kappa shape index (κ1) is 22.2. The Balaban J connectivity index is 1.52. The van der Waals surface area contributed by atoms with Crippen molar-refractivity contribution >= 4 is 38.9 Å². The summed E-state index contributed by atoms with van der Waals surface area (Å²) in [6.45, 7) is 3.99. The Kier molecular flexibility index (Phi) is 5.91. The van der Waals surface area contributed by atoms with Crippen LogP contribution in [-0.2, 0) is 24.0 Å². The Morgan fingerprint density at radius 1 is 1.06 bits per heavy atom. The van der Waals surface area contributed by atoms with E-state index in [1.54, 1.807) is 12.1 Å². The zero-order chi connectivity index (χ0) is 23.0. The maximum Gasteiger partial charge on any atom is 0.416 e. The summed E-state index contributed by atoms with van der Waals surface area (Å²) in [6.07, 6.45) is -4.50. The molecule has 10 heteroatoms. The number of rotatable bonds is 6. The fourth-order valence-corrected chi connectivity index (χ4v) is 5.17. The molecule has 2 heterocycles. The molecule has 2 aromatic carbocycles. The van der Waals surface area contributed by atoms with Gasteiger partial charge in [0.25, 0.3) is 0 Å². The number of hydrogen-bond donors (Lipinski definition) is 1. The highest BCUT2D eigenvalue weighted by molar-refractivity contribution is 7.18. The van der Waals surface area contributed by atoms with Crippen LogP contribution in [0.4, 0.5) is 13.2 Å². The zero-order valence-corrected chi connectivity index (χ0v) is 18.6. The molecule has 2 aromatic heterocycles. The molecule has 0 spiro atoms.